The van der Waals surface area contributed by atoms with Crippen LogP contribution < -0.4 is 0 Å². The van der Waals surface area contributed by atoms with Crippen LogP contribution in [0, 0.1) is 5.41 Å². The van der Waals surface area contributed by atoms with Gasteiger partial charge in [0.15, 0.2) is 8.32 Å². The van der Waals surface area contributed by atoms with E-state index in [2.05, 4.69) is 91.9 Å². The Balaban J connectivity index is 1.74. The van der Waals surface area contributed by atoms with Crippen LogP contribution in [0.25, 0.3) is 5.57 Å². The highest BCUT2D eigenvalue weighted by Crippen LogP contribution is 2.58. The molecule has 0 amide bonds. The molecule has 218 valence electrons. The standard InChI is InChI=1S/C36H53NO2Si/c1-23(2)25-15-17-27(18-16-25)34(38)32-30(26-13-10-11-14-26)31-28(37-33(32)24(3)4)21-36(19-12-20-36)22-29(31)39-40(8,9)35(5,6)7/h13,15-18,23-24,29,34,38H,10-12,14,19-22H2,1-9H3/t29-,34?/m0/s1. The molecule has 0 bridgehead atoms. The molecule has 0 aliphatic heterocycles. The molecular formula is C36H53NO2Si. The van der Waals surface area contributed by atoms with E-state index in [1.54, 1.807) is 0 Å². The van der Waals surface area contributed by atoms with Gasteiger partial charge >= 0.3 is 0 Å². The first kappa shape index (κ1) is 29.7. The molecule has 0 saturated heterocycles. The Labute approximate surface area is 245 Å². The van der Waals surface area contributed by atoms with Crippen molar-refractivity contribution in [3.8, 4) is 0 Å². The zero-order valence-corrected chi connectivity index (χ0v) is 27.7. The van der Waals surface area contributed by atoms with Crippen molar-refractivity contribution in [1.29, 1.82) is 0 Å². The number of aromatic nitrogens is 1. The SMILES string of the molecule is CC(C)c1ccc(C(O)c2c(C(C)C)nc3c(c2C2=CCCC2)[C@@H](O[Si](C)(C)C(C)(C)C)CC2(CCC2)C3)cc1. The molecule has 5 rings (SSSR count). The van der Waals surface area contributed by atoms with E-state index in [-0.39, 0.29) is 17.1 Å². The van der Waals surface area contributed by atoms with E-state index in [1.165, 1.54) is 53.6 Å². The topological polar surface area (TPSA) is 42.4 Å². The molecule has 3 nitrogen and oxygen atoms in total. The van der Waals surface area contributed by atoms with E-state index >= 15 is 0 Å². The van der Waals surface area contributed by atoms with E-state index in [0.717, 1.165) is 42.5 Å². The van der Waals surface area contributed by atoms with Crippen LogP contribution in [-0.4, -0.2) is 18.4 Å². The van der Waals surface area contributed by atoms with Crippen LogP contribution in [0.5, 0.6) is 0 Å². The Morgan fingerprint density at radius 1 is 0.975 bits per heavy atom. The second-order valence-electron chi connectivity index (χ2n) is 15.2. The van der Waals surface area contributed by atoms with Gasteiger partial charge in [-0.05, 0) is 103 Å². The molecule has 1 aromatic heterocycles. The lowest BCUT2D eigenvalue weighted by atomic mass is 9.59. The molecule has 3 aliphatic rings. The summed E-state index contributed by atoms with van der Waals surface area (Å²) < 4.78 is 7.37. The van der Waals surface area contributed by atoms with E-state index < -0.39 is 14.4 Å². The third kappa shape index (κ3) is 5.41. The summed E-state index contributed by atoms with van der Waals surface area (Å²) in [4.78, 5) is 5.51. The number of rotatable bonds is 7. The average Bonchev–Trinajstić information content (AvgIpc) is 3.40. The summed E-state index contributed by atoms with van der Waals surface area (Å²) in [6.45, 7) is 20.7. The van der Waals surface area contributed by atoms with Crippen LogP contribution in [0.3, 0.4) is 0 Å². The minimum atomic E-state index is -2.05. The second kappa shape index (κ2) is 10.8. The number of pyridine rings is 1. The fraction of sp³-hybridized carbons (Fsp3) is 0.639. The first-order chi connectivity index (χ1) is 18.7. The van der Waals surface area contributed by atoms with Gasteiger partial charge in [-0.15, -0.1) is 0 Å². The molecule has 1 fully saturated rings. The highest BCUT2D eigenvalue weighted by atomic mass is 28.4. The summed E-state index contributed by atoms with van der Waals surface area (Å²) in [5, 5.41) is 12.3. The van der Waals surface area contributed by atoms with Crippen molar-refractivity contribution in [2.24, 2.45) is 5.41 Å². The van der Waals surface area contributed by atoms with Crippen LogP contribution in [0.4, 0.5) is 0 Å². The lowest BCUT2D eigenvalue weighted by Gasteiger charge is -2.51. The zero-order chi connectivity index (χ0) is 29.0. The van der Waals surface area contributed by atoms with Crippen LogP contribution in [0.1, 0.15) is 157 Å². The summed E-state index contributed by atoms with van der Waals surface area (Å²) in [7, 11) is -2.05. The first-order valence-electron chi connectivity index (χ1n) is 15.9. The van der Waals surface area contributed by atoms with Crippen LogP contribution in [0.2, 0.25) is 18.1 Å². The molecule has 1 saturated carbocycles. The first-order valence-corrected chi connectivity index (χ1v) is 18.9. The normalized spacial score (nSPS) is 21.5. The number of fused-ring (bicyclic) bond motifs is 1. The zero-order valence-electron chi connectivity index (χ0n) is 26.7. The van der Waals surface area contributed by atoms with E-state index in [4.69, 9.17) is 9.41 Å². The predicted molar refractivity (Wildman–Crippen MR) is 170 cm³/mol. The molecule has 0 radical (unpaired) electrons. The second-order valence-corrected chi connectivity index (χ2v) is 20.0. The van der Waals surface area contributed by atoms with Crippen molar-refractivity contribution >= 4 is 13.9 Å². The predicted octanol–water partition coefficient (Wildman–Crippen LogP) is 10.2. The van der Waals surface area contributed by atoms with Gasteiger partial charge in [-0.25, -0.2) is 0 Å². The van der Waals surface area contributed by atoms with Crippen molar-refractivity contribution in [3.05, 3.63) is 69.5 Å². The molecule has 3 aliphatic carbocycles. The minimum absolute atomic E-state index is 0.0458. The summed E-state index contributed by atoms with van der Waals surface area (Å²) in [5.74, 6) is 0.693. The number of benzene rings is 1. The maximum atomic E-state index is 12.2. The maximum absolute atomic E-state index is 12.2. The van der Waals surface area contributed by atoms with E-state index in [0.29, 0.717) is 11.3 Å². The van der Waals surface area contributed by atoms with Crippen molar-refractivity contribution in [3.63, 3.8) is 0 Å². The highest BCUT2D eigenvalue weighted by molar-refractivity contribution is 6.74. The van der Waals surface area contributed by atoms with Gasteiger partial charge in [-0.3, -0.25) is 4.98 Å². The minimum Gasteiger partial charge on any atom is -0.410 e. The fourth-order valence-electron chi connectivity index (χ4n) is 6.97. The summed E-state index contributed by atoms with van der Waals surface area (Å²) >= 11 is 0. The Bertz CT molecular complexity index is 1260. The largest absolute Gasteiger partial charge is 0.410 e. The monoisotopic (exact) mass is 559 g/mol. The van der Waals surface area contributed by atoms with Gasteiger partial charge in [-0.1, -0.05) is 85.2 Å². The fourth-order valence-corrected chi connectivity index (χ4v) is 8.23. The highest BCUT2D eigenvalue weighted by Gasteiger charge is 2.49. The molecule has 1 heterocycles. The third-order valence-corrected chi connectivity index (χ3v) is 15.1. The van der Waals surface area contributed by atoms with Gasteiger partial charge in [0.2, 0.25) is 0 Å². The molecule has 1 spiro atoms. The molecule has 2 atom stereocenters. The van der Waals surface area contributed by atoms with Gasteiger partial charge in [0, 0.05) is 22.5 Å². The van der Waals surface area contributed by atoms with Gasteiger partial charge in [0.05, 0.1) is 6.10 Å². The summed E-state index contributed by atoms with van der Waals surface area (Å²) in [6, 6.07) is 8.62. The Morgan fingerprint density at radius 3 is 2.12 bits per heavy atom. The number of hydrogen-bond acceptors (Lipinski definition) is 3. The van der Waals surface area contributed by atoms with Crippen molar-refractivity contribution in [2.45, 2.75) is 142 Å². The Hall–Kier alpha value is -1.75. The van der Waals surface area contributed by atoms with Gasteiger partial charge < -0.3 is 9.53 Å². The van der Waals surface area contributed by atoms with Crippen molar-refractivity contribution < 1.29 is 9.53 Å². The van der Waals surface area contributed by atoms with Crippen LogP contribution in [0.15, 0.2) is 30.3 Å². The molecule has 4 heteroatoms. The Kier molecular flexibility index (Phi) is 8.04. The Morgan fingerprint density at radius 2 is 1.62 bits per heavy atom. The lowest BCUT2D eigenvalue weighted by molar-refractivity contribution is 0.0296. The average molecular weight is 560 g/mol. The van der Waals surface area contributed by atoms with Gasteiger partial charge in [0.25, 0.3) is 0 Å². The van der Waals surface area contributed by atoms with Crippen molar-refractivity contribution in [1.82, 2.24) is 4.98 Å². The van der Waals surface area contributed by atoms with Gasteiger partial charge in [-0.2, -0.15) is 0 Å². The number of aliphatic hydroxyl groups is 1. The molecular weight excluding hydrogens is 506 g/mol. The maximum Gasteiger partial charge on any atom is 0.192 e. The van der Waals surface area contributed by atoms with E-state index in [9.17, 15) is 5.11 Å². The third-order valence-electron chi connectivity index (χ3n) is 10.6. The smallest absolute Gasteiger partial charge is 0.192 e. The van der Waals surface area contributed by atoms with Crippen LogP contribution in [-0.2, 0) is 10.8 Å². The molecule has 2 aromatic rings. The number of nitrogens with zero attached hydrogens (tertiary/aromatic N) is 1. The van der Waals surface area contributed by atoms with Gasteiger partial charge in [0.1, 0.15) is 6.10 Å². The molecule has 1 N–H and O–H groups in total. The number of aliphatic hydroxyl groups excluding tert-OH is 1. The summed E-state index contributed by atoms with van der Waals surface area (Å²) in [5.41, 5.74) is 9.95. The number of hydrogen-bond donors (Lipinski definition) is 1. The van der Waals surface area contributed by atoms with E-state index in [1.807, 2.05) is 0 Å². The lowest BCUT2D eigenvalue weighted by Crippen LogP contribution is -2.46. The van der Waals surface area contributed by atoms with Crippen molar-refractivity contribution in [2.75, 3.05) is 0 Å². The molecule has 40 heavy (non-hydrogen) atoms. The quantitative estimate of drug-likeness (QED) is 0.343. The summed E-state index contributed by atoms with van der Waals surface area (Å²) in [6.07, 6.45) is 11.2. The molecule has 1 unspecified atom stereocenters. The van der Waals surface area contributed by atoms with Crippen LogP contribution >= 0.6 is 0 Å². The number of allylic oxidation sites excluding steroid dienone is 2. The molecule has 1 aromatic carbocycles.